The molecule has 2 aromatic rings. The lowest BCUT2D eigenvalue weighted by atomic mass is 9.91. The summed E-state index contributed by atoms with van der Waals surface area (Å²) in [5, 5.41) is 13.8. The fourth-order valence-corrected chi connectivity index (χ4v) is 2.34. The minimum Gasteiger partial charge on any atom is -0.481 e. The first-order valence-corrected chi connectivity index (χ1v) is 7.00. The van der Waals surface area contributed by atoms with Gasteiger partial charge >= 0.3 is 0 Å². The largest absolute Gasteiger partial charge is 0.481 e. The van der Waals surface area contributed by atoms with Crippen molar-refractivity contribution in [1.82, 2.24) is 15.1 Å². The van der Waals surface area contributed by atoms with Crippen molar-refractivity contribution in [1.29, 1.82) is 0 Å². The number of aromatic nitrogens is 3. The van der Waals surface area contributed by atoms with Crippen molar-refractivity contribution in [2.24, 2.45) is 5.92 Å². The summed E-state index contributed by atoms with van der Waals surface area (Å²) in [5.41, 5.74) is 0.973. The molecule has 21 heavy (non-hydrogen) atoms. The highest BCUT2D eigenvalue weighted by Crippen LogP contribution is 2.26. The highest BCUT2D eigenvalue weighted by atomic mass is 16.5. The summed E-state index contributed by atoms with van der Waals surface area (Å²) in [6.07, 6.45) is 1.73. The molecule has 0 aliphatic carbocycles. The van der Waals surface area contributed by atoms with E-state index in [-0.39, 0.29) is 11.8 Å². The van der Waals surface area contributed by atoms with Crippen molar-refractivity contribution >= 4 is 0 Å². The second-order valence-corrected chi connectivity index (χ2v) is 5.44. The number of methoxy groups -OCH3 is 1. The van der Waals surface area contributed by atoms with E-state index in [1.165, 1.54) is 0 Å². The van der Waals surface area contributed by atoms with E-state index >= 15 is 0 Å². The Hall–Kier alpha value is -1.95. The summed E-state index contributed by atoms with van der Waals surface area (Å²) in [7, 11) is 1.58. The first kappa shape index (κ1) is 15.4. The number of ether oxygens (including phenoxy) is 1. The van der Waals surface area contributed by atoms with Gasteiger partial charge in [-0.2, -0.15) is 4.98 Å². The van der Waals surface area contributed by atoms with Gasteiger partial charge in [0.05, 0.1) is 19.1 Å². The van der Waals surface area contributed by atoms with Gasteiger partial charge in [0.1, 0.15) is 0 Å². The van der Waals surface area contributed by atoms with Gasteiger partial charge in [-0.25, -0.2) is 4.98 Å². The van der Waals surface area contributed by atoms with E-state index in [9.17, 15) is 5.11 Å². The average Bonchev–Trinajstić information content (AvgIpc) is 2.87. The van der Waals surface area contributed by atoms with Gasteiger partial charge < -0.3 is 14.4 Å². The smallest absolute Gasteiger partial charge is 0.232 e. The first-order valence-electron chi connectivity index (χ1n) is 7.00. The molecular weight excluding hydrogens is 270 g/mol. The van der Waals surface area contributed by atoms with Crippen molar-refractivity contribution in [2.45, 2.75) is 39.2 Å². The Morgan fingerprint density at radius 2 is 2.05 bits per heavy atom. The Bertz CT molecular complexity index is 556. The summed E-state index contributed by atoms with van der Waals surface area (Å²) in [6, 6.07) is 3.71. The van der Waals surface area contributed by atoms with E-state index in [1.54, 1.807) is 26.3 Å². The van der Waals surface area contributed by atoms with Crippen molar-refractivity contribution < 1.29 is 14.4 Å². The first-order chi connectivity index (χ1) is 10.0. The van der Waals surface area contributed by atoms with Crippen molar-refractivity contribution in [3.8, 4) is 5.88 Å². The molecule has 0 radical (unpaired) electrons. The molecule has 0 aromatic carbocycles. The third-order valence-corrected chi connectivity index (χ3v) is 3.38. The van der Waals surface area contributed by atoms with Crippen LogP contribution in [0.1, 0.15) is 44.0 Å². The Labute approximate surface area is 124 Å². The number of aliphatic hydroxyl groups is 1. The van der Waals surface area contributed by atoms with Crippen LogP contribution >= 0.6 is 0 Å². The Morgan fingerprint density at radius 3 is 2.57 bits per heavy atom. The second-order valence-electron chi connectivity index (χ2n) is 5.44. The van der Waals surface area contributed by atoms with Crippen LogP contribution < -0.4 is 4.74 Å². The normalized spacial score (nSPS) is 14.2. The van der Waals surface area contributed by atoms with Crippen LogP contribution in [0.25, 0.3) is 0 Å². The zero-order chi connectivity index (χ0) is 15.4. The van der Waals surface area contributed by atoms with Crippen LogP contribution in [0.15, 0.2) is 22.9 Å². The molecule has 114 valence electrons. The van der Waals surface area contributed by atoms with E-state index in [1.807, 2.05) is 19.9 Å². The lowest BCUT2D eigenvalue weighted by Crippen LogP contribution is -2.20. The summed E-state index contributed by atoms with van der Waals surface area (Å²) in [6.45, 7) is 5.78. The zero-order valence-corrected chi connectivity index (χ0v) is 12.8. The molecule has 2 rings (SSSR count). The van der Waals surface area contributed by atoms with Crippen molar-refractivity contribution in [3.63, 3.8) is 0 Å². The van der Waals surface area contributed by atoms with E-state index in [0.29, 0.717) is 24.0 Å². The molecule has 2 atom stereocenters. The predicted octanol–water partition coefficient (Wildman–Crippen LogP) is 2.18. The maximum absolute atomic E-state index is 9.84. The maximum Gasteiger partial charge on any atom is 0.232 e. The van der Waals surface area contributed by atoms with Gasteiger partial charge in [-0.3, -0.25) is 0 Å². The minimum atomic E-state index is -0.527. The highest BCUT2D eigenvalue weighted by molar-refractivity contribution is 5.20. The molecule has 0 amide bonds. The summed E-state index contributed by atoms with van der Waals surface area (Å²) in [5.74, 6) is 1.71. The SMILES string of the molecule is COc1ccc(Cc2noc(C(C(C)C)C(C)O)n2)cn1. The van der Waals surface area contributed by atoms with E-state index in [2.05, 4.69) is 15.1 Å². The van der Waals surface area contributed by atoms with E-state index in [4.69, 9.17) is 9.26 Å². The molecule has 6 nitrogen and oxygen atoms in total. The number of hydrogen-bond donors (Lipinski definition) is 1. The fourth-order valence-electron chi connectivity index (χ4n) is 2.34. The van der Waals surface area contributed by atoms with Gasteiger partial charge in [0, 0.05) is 18.7 Å². The topological polar surface area (TPSA) is 81.3 Å². The maximum atomic E-state index is 9.84. The Morgan fingerprint density at radius 1 is 1.29 bits per heavy atom. The quantitative estimate of drug-likeness (QED) is 0.878. The Kier molecular flexibility index (Phi) is 4.90. The molecule has 0 aliphatic rings. The fraction of sp³-hybridized carbons (Fsp3) is 0.533. The number of rotatable bonds is 6. The van der Waals surface area contributed by atoms with Crippen LogP contribution in [0, 0.1) is 5.92 Å². The minimum absolute atomic E-state index is 0.153. The van der Waals surface area contributed by atoms with Gasteiger partial charge in [-0.1, -0.05) is 25.1 Å². The van der Waals surface area contributed by atoms with Crippen LogP contribution in [0.5, 0.6) is 5.88 Å². The molecule has 0 aliphatic heterocycles. The third-order valence-electron chi connectivity index (χ3n) is 3.38. The monoisotopic (exact) mass is 291 g/mol. The summed E-state index contributed by atoms with van der Waals surface area (Å²) >= 11 is 0. The molecule has 0 fully saturated rings. The van der Waals surface area contributed by atoms with Gasteiger partial charge in [-0.05, 0) is 18.4 Å². The number of pyridine rings is 1. The molecule has 2 heterocycles. The zero-order valence-electron chi connectivity index (χ0n) is 12.8. The van der Waals surface area contributed by atoms with Gasteiger partial charge in [0.2, 0.25) is 11.8 Å². The van der Waals surface area contributed by atoms with E-state index in [0.717, 1.165) is 5.56 Å². The predicted molar refractivity (Wildman–Crippen MR) is 77.2 cm³/mol. The Balaban J connectivity index is 2.11. The molecule has 2 unspecified atom stereocenters. The second kappa shape index (κ2) is 6.67. The lowest BCUT2D eigenvalue weighted by Gasteiger charge is -2.19. The summed E-state index contributed by atoms with van der Waals surface area (Å²) in [4.78, 5) is 8.54. The van der Waals surface area contributed by atoms with Gasteiger partial charge in [-0.15, -0.1) is 0 Å². The van der Waals surface area contributed by atoms with Gasteiger partial charge in [0.25, 0.3) is 0 Å². The lowest BCUT2D eigenvalue weighted by molar-refractivity contribution is 0.120. The van der Waals surface area contributed by atoms with Crippen LogP contribution in [-0.4, -0.2) is 33.4 Å². The number of aliphatic hydroxyl groups excluding tert-OH is 1. The van der Waals surface area contributed by atoms with Crippen molar-refractivity contribution in [3.05, 3.63) is 35.6 Å². The van der Waals surface area contributed by atoms with Crippen LogP contribution in [-0.2, 0) is 6.42 Å². The molecule has 0 bridgehead atoms. The summed E-state index contributed by atoms with van der Waals surface area (Å²) < 4.78 is 10.3. The molecule has 0 saturated carbocycles. The van der Waals surface area contributed by atoms with Crippen molar-refractivity contribution in [2.75, 3.05) is 7.11 Å². The average molecular weight is 291 g/mol. The molecule has 0 saturated heterocycles. The highest BCUT2D eigenvalue weighted by Gasteiger charge is 2.27. The number of hydrogen-bond acceptors (Lipinski definition) is 6. The molecule has 6 heteroatoms. The van der Waals surface area contributed by atoms with Gasteiger partial charge in [0.15, 0.2) is 5.82 Å². The van der Waals surface area contributed by atoms with E-state index < -0.39 is 6.10 Å². The number of nitrogens with zero attached hydrogens (tertiary/aromatic N) is 3. The molecule has 1 N–H and O–H groups in total. The van der Waals surface area contributed by atoms with Crippen LogP contribution in [0.2, 0.25) is 0 Å². The molecule has 0 spiro atoms. The molecule has 2 aromatic heterocycles. The van der Waals surface area contributed by atoms with Crippen LogP contribution in [0.4, 0.5) is 0 Å². The molecular formula is C15H21N3O3. The van der Waals surface area contributed by atoms with Crippen LogP contribution in [0.3, 0.4) is 0 Å². The standard InChI is InChI=1S/C15H21N3O3/c1-9(2)14(10(3)19)15-17-12(18-21-15)7-11-5-6-13(20-4)16-8-11/h5-6,8-10,14,19H,7H2,1-4H3. The third kappa shape index (κ3) is 3.78.